The first-order valence-corrected chi connectivity index (χ1v) is 9.37. The van der Waals surface area contributed by atoms with Gasteiger partial charge in [0.25, 0.3) is 0 Å². The predicted molar refractivity (Wildman–Crippen MR) is 97.4 cm³/mol. The first kappa shape index (κ1) is 15.6. The van der Waals surface area contributed by atoms with Gasteiger partial charge in [-0.3, -0.25) is 9.69 Å². The monoisotopic (exact) mass is 342 g/mol. The summed E-state index contributed by atoms with van der Waals surface area (Å²) in [6.45, 7) is 4.21. The Balaban J connectivity index is 1.31. The van der Waals surface area contributed by atoms with E-state index in [1.54, 1.807) is 11.3 Å². The maximum absolute atomic E-state index is 11.9. The van der Waals surface area contributed by atoms with Crippen LogP contribution < -0.4 is 10.2 Å². The summed E-state index contributed by atoms with van der Waals surface area (Å²) in [5, 5.41) is 4.14. The number of nitrogens with zero attached hydrogens (tertiary/aromatic N) is 3. The fraction of sp³-hybridized carbons (Fsp3) is 0.444. The molecular formula is C18H22N4OS. The van der Waals surface area contributed by atoms with Gasteiger partial charge in [-0.25, -0.2) is 4.98 Å². The van der Waals surface area contributed by atoms with Crippen molar-refractivity contribution in [2.75, 3.05) is 37.6 Å². The third kappa shape index (κ3) is 3.76. The molecule has 6 heteroatoms. The average molecular weight is 342 g/mol. The molecule has 0 atom stereocenters. The van der Waals surface area contributed by atoms with Crippen molar-refractivity contribution in [3.05, 3.63) is 36.5 Å². The molecule has 0 spiro atoms. The van der Waals surface area contributed by atoms with Crippen LogP contribution in [0.2, 0.25) is 0 Å². The number of carbonyl (C=O) groups is 1. The molecule has 2 heterocycles. The molecule has 0 bridgehead atoms. The Labute approximate surface area is 146 Å². The lowest BCUT2D eigenvalue weighted by Crippen LogP contribution is -2.49. The maximum atomic E-state index is 11.9. The molecule has 0 unspecified atom stereocenters. The van der Waals surface area contributed by atoms with Gasteiger partial charge in [-0.05, 0) is 18.4 Å². The van der Waals surface area contributed by atoms with E-state index in [9.17, 15) is 4.79 Å². The topological polar surface area (TPSA) is 48.5 Å². The third-order valence-corrected chi connectivity index (χ3v) is 5.61. The summed E-state index contributed by atoms with van der Waals surface area (Å²) in [4.78, 5) is 22.3. The number of aromatic nitrogens is 1. The summed E-state index contributed by atoms with van der Waals surface area (Å²) < 4.78 is 0. The first-order chi connectivity index (χ1) is 11.8. The number of hydrogen-bond donors (Lipinski definition) is 1. The fourth-order valence-corrected chi connectivity index (χ4v) is 3.92. The number of hydrogen-bond acceptors (Lipinski definition) is 5. The van der Waals surface area contributed by atoms with Gasteiger partial charge in [0.2, 0.25) is 5.91 Å². The Morgan fingerprint density at radius 1 is 1.17 bits per heavy atom. The molecule has 126 valence electrons. The highest BCUT2D eigenvalue weighted by Crippen LogP contribution is 2.31. The molecule has 1 amide bonds. The summed E-state index contributed by atoms with van der Waals surface area (Å²) in [5.41, 5.74) is 1.22. The van der Waals surface area contributed by atoms with Gasteiger partial charge in [0.1, 0.15) is 0 Å². The number of piperazine rings is 1. The van der Waals surface area contributed by atoms with E-state index in [0.29, 0.717) is 12.6 Å². The summed E-state index contributed by atoms with van der Waals surface area (Å²) in [6, 6.07) is 10.8. The van der Waals surface area contributed by atoms with E-state index < -0.39 is 0 Å². The second-order valence-corrected chi connectivity index (χ2v) is 7.49. The number of amides is 1. The molecule has 5 nitrogen and oxygen atoms in total. The molecule has 24 heavy (non-hydrogen) atoms. The molecule has 0 radical (unpaired) electrons. The van der Waals surface area contributed by atoms with E-state index in [0.717, 1.165) is 44.2 Å². The van der Waals surface area contributed by atoms with Crippen LogP contribution in [0.25, 0.3) is 10.4 Å². The second-order valence-electron chi connectivity index (χ2n) is 6.48. The molecule has 2 aliphatic rings. The van der Waals surface area contributed by atoms with Gasteiger partial charge in [-0.15, -0.1) is 0 Å². The SMILES string of the molecule is O=C(CN1CCN(c2ncc(-c3ccccc3)s2)CC1)NC1CC1. The highest BCUT2D eigenvalue weighted by molar-refractivity contribution is 7.18. The van der Waals surface area contributed by atoms with Gasteiger partial charge in [0, 0.05) is 38.4 Å². The van der Waals surface area contributed by atoms with Crippen LogP contribution in [0.5, 0.6) is 0 Å². The summed E-state index contributed by atoms with van der Waals surface area (Å²) >= 11 is 1.74. The summed E-state index contributed by atoms with van der Waals surface area (Å²) in [7, 11) is 0. The lowest BCUT2D eigenvalue weighted by Gasteiger charge is -2.34. The maximum Gasteiger partial charge on any atom is 0.234 e. The van der Waals surface area contributed by atoms with Gasteiger partial charge in [-0.2, -0.15) is 0 Å². The van der Waals surface area contributed by atoms with Crippen LogP contribution in [0.1, 0.15) is 12.8 Å². The minimum atomic E-state index is 0.173. The fourth-order valence-electron chi connectivity index (χ4n) is 2.95. The van der Waals surface area contributed by atoms with Gasteiger partial charge in [0.15, 0.2) is 5.13 Å². The Hall–Kier alpha value is -1.92. The quantitative estimate of drug-likeness (QED) is 0.905. The lowest BCUT2D eigenvalue weighted by atomic mass is 10.2. The van der Waals surface area contributed by atoms with E-state index in [1.165, 1.54) is 10.4 Å². The smallest absolute Gasteiger partial charge is 0.234 e. The highest BCUT2D eigenvalue weighted by atomic mass is 32.1. The van der Waals surface area contributed by atoms with Gasteiger partial charge >= 0.3 is 0 Å². The first-order valence-electron chi connectivity index (χ1n) is 8.56. The average Bonchev–Trinajstić information content (AvgIpc) is 3.28. The molecule has 1 N–H and O–H groups in total. The van der Waals surface area contributed by atoms with E-state index in [1.807, 2.05) is 12.3 Å². The van der Waals surface area contributed by atoms with Crippen LogP contribution in [0.3, 0.4) is 0 Å². The van der Waals surface area contributed by atoms with Crippen molar-refractivity contribution in [2.45, 2.75) is 18.9 Å². The zero-order valence-corrected chi connectivity index (χ0v) is 14.5. The molecule has 1 saturated heterocycles. The molecular weight excluding hydrogens is 320 g/mol. The number of benzene rings is 1. The number of nitrogens with one attached hydrogen (secondary N) is 1. The van der Waals surface area contributed by atoms with Crippen molar-refractivity contribution in [3.63, 3.8) is 0 Å². The van der Waals surface area contributed by atoms with Crippen LogP contribution in [-0.2, 0) is 4.79 Å². The van der Waals surface area contributed by atoms with Crippen molar-refractivity contribution in [2.24, 2.45) is 0 Å². The Morgan fingerprint density at radius 2 is 1.92 bits per heavy atom. The van der Waals surface area contributed by atoms with E-state index >= 15 is 0 Å². The molecule has 4 rings (SSSR count). The second kappa shape index (κ2) is 6.91. The molecule has 1 aromatic carbocycles. The standard InChI is InChI=1S/C18H22N4OS/c23-17(20-15-6-7-15)13-21-8-10-22(11-9-21)18-19-12-16(24-18)14-4-2-1-3-5-14/h1-5,12,15H,6-11,13H2,(H,20,23). The number of carbonyl (C=O) groups excluding carboxylic acids is 1. The Kier molecular flexibility index (Phi) is 4.49. The van der Waals surface area contributed by atoms with Crippen molar-refractivity contribution < 1.29 is 4.79 Å². The van der Waals surface area contributed by atoms with Crippen molar-refractivity contribution in [3.8, 4) is 10.4 Å². The number of anilines is 1. The van der Waals surface area contributed by atoms with Gasteiger partial charge < -0.3 is 10.2 Å². The van der Waals surface area contributed by atoms with E-state index in [-0.39, 0.29) is 5.91 Å². The lowest BCUT2D eigenvalue weighted by molar-refractivity contribution is -0.122. The molecule has 1 aliphatic carbocycles. The predicted octanol–water partition coefficient (Wildman–Crippen LogP) is 2.21. The van der Waals surface area contributed by atoms with Crippen LogP contribution in [-0.4, -0.2) is 54.6 Å². The summed E-state index contributed by atoms with van der Waals surface area (Å²) in [5.74, 6) is 0.173. The van der Waals surface area contributed by atoms with E-state index in [4.69, 9.17) is 0 Å². The van der Waals surface area contributed by atoms with Crippen LogP contribution in [0, 0.1) is 0 Å². The van der Waals surface area contributed by atoms with Gasteiger partial charge in [-0.1, -0.05) is 41.7 Å². The summed E-state index contributed by atoms with van der Waals surface area (Å²) in [6.07, 6.45) is 4.26. The normalized spacial score (nSPS) is 18.6. The molecule has 2 aromatic rings. The van der Waals surface area contributed by atoms with Crippen molar-refractivity contribution in [1.82, 2.24) is 15.2 Å². The van der Waals surface area contributed by atoms with Crippen LogP contribution in [0.4, 0.5) is 5.13 Å². The molecule has 1 aromatic heterocycles. The van der Waals surface area contributed by atoms with Crippen molar-refractivity contribution in [1.29, 1.82) is 0 Å². The molecule has 1 aliphatic heterocycles. The van der Waals surface area contributed by atoms with Crippen LogP contribution >= 0.6 is 11.3 Å². The third-order valence-electron chi connectivity index (χ3n) is 4.50. The zero-order chi connectivity index (χ0) is 16.4. The highest BCUT2D eigenvalue weighted by Gasteiger charge is 2.25. The van der Waals surface area contributed by atoms with Crippen LogP contribution in [0.15, 0.2) is 36.5 Å². The largest absolute Gasteiger partial charge is 0.352 e. The minimum Gasteiger partial charge on any atom is -0.352 e. The molecule has 1 saturated carbocycles. The number of rotatable bonds is 5. The van der Waals surface area contributed by atoms with Crippen molar-refractivity contribution >= 4 is 22.4 Å². The number of thiazole rings is 1. The van der Waals surface area contributed by atoms with Gasteiger partial charge in [0.05, 0.1) is 11.4 Å². The van der Waals surface area contributed by atoms with E-state index in [2.05, 4.69) is 44.4 Å². The minimum absolute atomic E-state index is 0.173. The zero-order valence-electron chi connectivity index (χ0n) is 13.6. The Morgan fingerprint density at radius 3 is 2.62 bits per heavy atom. The Bertz CT molecular complexity index is 690. The molecule has 2 fully saturated rings.